The van der Waals surface area contributed by atoms with Gasteiger partial charge in [0.05, 0.1) is 18.4 Å². The molecule has 1 unspecified atom stereocenters. The molecule has 0 spiro atoms. The largest absolute Gasteiger partial charge is 0.491 e. The highest BCUT2D eigenvalue weighted by Gasteiger charge is 2.28. The molecule has 8 heteroatoms. The lowest BCUT2D eigenvalue weighted by Crippen LogP contribution is -2.29. The lowest BCUT2D eigenvalue weighted by Gasteiger charge is -2.11. The van der Waals surface area contributed by atoms with E-state index in [2.05, 4.69) is 14.7 Å². The summed E-state index contributed by atoms with van der Waals surface area (Å²) >= 11 is 5.54. The minimum Gasteiger partial charge on any atom is -0.491 e. The zero-order valence-electron chi connectivity index (χ0n) is 10.2. The molecule has 1 aromatic heterocycles. The van der Waals surface area contributed by atoms with Gasteiger partial charge in [-0.3, -0.25) is 0 Å². The molecule has 104 valence electrons. The van der Waals surface area contributed by atoms with Crippen LogP contribution < -0.4 is 9.46 Å². The van der Waals surface area contributed by atoms with Crippen molar-refractivity contribution in [1.29, 1.82) is 0 Å². The van der Waals surface area contributed by atoms with Crippen LogP contribution in [-0.2, 0) is 10.0 Å². The Bertz CT molecular complexity index is 734. The Morgan fingerprint density at radius 1 is 1.25 bits per heavy atom. The Morgan fingerprint density at radius 3 is 2.70 bits per heavy atom. The van der Waals surface area contributed by atoms with Crippen LogP contribution in [0.2, 0.25) is 5.28 Å². The van der Waals surface area contributed by atoms with Crippen LogP contribution in [0, 0.1) is 0 Å². The van der Waals surface area contributed by atoms with Gasteiger partial charge in [0.2, 0.25) is 15.3 Å². The van der Waals surface area contributed by atoms with Crippen LogP contribution in [0.1, 0.15) is 11.6 Å². The van der Waals surface area contributed by atoms with E-state index in [4.69, 9.17) is 16.3 Å². The smallest absolute Gasteiger partial charge is 0.244 e. The topological polar surface area (TPSA) is 81.2 Å². The number of para-hydroxylation sites is 1. The Balaban J connectivity index is 1.86. The molecule has 0 saturated heterocycles. The number of fused-ring (bicyclic) bond motifs is 1. The first-order valence-corrected chi connectivity index (χ1v) is 7.64. The Kier molecular flexibility index (Phi) is 3.33. The summed E-state index contributed by atoms with van der Waals surface area (Å²) in [6.07, 6.45) is 2.33. The molecule has 0 amide bonds. The number of aromatic nitrogens is 2. The van der Waals surface area contributed by atoms with E-state index in [1.54, 1.807) is 6.07 Å². The molecule has 2 heterocycles. The number of hydrogen-bond donors (Lipinski definition) is 1. The van der Waals surface area contributed by atoms with Crippen LogP contribution in [0.5, 0.6) is 5.75 Å². The molecule has 1 aliphatic rings. The molecule has 1 aliphatic heterocycles. The predicted molar refractivity (Wildman–Crippen MR) is 72.0 cm³/mol. The maximum atomic E-state index is 12.2. The number of ether oxygens (including phenoxy) is 1. The van der Waals surface area contributed by atoms with Crippen molar-refractivity contribution in [3.8, 4) is 5.75 Å². The van der Waals surface area contributed by atoms with E-state index in [9.17, 15) is 8.42 Å². The lowest BCUT2D eigenvalue weighted by molar-refractivity contribution is 0.325. The van der Waals surface area contributed by atoms with Crippen LogP contribution in [0.3, 0.4) is 0 Å². The second kappa shape index (κ2) is 5.01. The van der Waals surface area contributed by atoms with Crippen molar-refractivity contribution in [1.82, 2.24) is 14.7 Å². The third-order valence-corrected chi connectivity index (χ3v) is 4.53. The third-order valence-electron chi connectivity index (χ3n) is 2.90. The van der Waals surface area contributed by atoms with Crippen molar-refractivity contribution < 1.29 is 13.2 Å². The maximum absolute atomic E-state index is 12.2. The quantitative estimate of drug-likeness (QED) is 0.870. The van der Waals surface area contributed by atoms with Gasteiger partial charge in [-0.05, 0) is 17.7 Å². The maximum Gasteiger partial charge on any atom is 0.244 e. The van der Waals surface area contributed by atoms with Crippen LogP contribution in [0.15, 0.2) is 41.6 Å². The van der Waals surface area contributed by atoms with Crippen LogP contribution in [0.4, 0.5) is 0 Å². The fraction of sp³-hybridized carbons (Fsp3) is 0.167. The summed E-state index contributed by atoms with van der Waals surface area (Å²) in [5.74, 6) is 0.688. The van der Waals surface area contributed by atoms with Gasteiger partial charge >= 0.3 is 0 Å². The van der Waals surface area contributed by atoms with Gasteiger partial charge in [-0.15, -0.1) is 0 Å². The van der Waals surface area contributed by atoms with Gasteiger partial charge in [0.1, 0.15) is 17.3 Å². The van der Waals surface area contributed by atoms with Gasteiger partial charge in [-0.25, -0.2) is 18.4 Å². The highest BCUT2D eigenvalue weighted by Crippen LogP contribution is 2.32. The van der Waals surface area contributed by atoms with Crippen molar-refractivity contribution in [3.05, 3.63) is 47.5 Å². The number of nitrogens with one attached hydrogen (secondary N) is 1. The molecule has 20 heavy (non-hydrogen) atoms. The number of nitrogens with zero attached hydrogens (tertiary/aromatic N) is 2. The summed E-state index contributed by atoms with van der Waals surface area (Å²) in [4.78, 5) is 7.30. The van der Waals surface area contributed by atoms with Gasteiger partial charge in [0.25, 0.3) is 0 Å². The van der Waals surface area contributed by atoms with Crippen LogP contribution in [-0.4, -0.2) is 25.0 Å². The zero-order valence-corrected chi connectivity index (χ0v) is 11.7. The van der Waals surface area contributed by atoms with Crippen molar-refractivity contribution in [2.24, 2.45) is 0 Å². The van der Waals surface area contributed by atoms with E-state index in [1.165, 1.54) is 12.4 Å². The molecule has 2 aromatic rings. The summed E-state index contributed by atoms with van der Waals surface area (Å²) in [7, 11) is -3.72. The van der Waals surface area contributed by atoms with E-state index >= 15 is 0 Å². The standard InChI is InChI=1S/C12H10ClN3O3S/c13-12-14-5-8(6-15-12)20(17,18)16-10-7-19-11-4-2-1-3-9(10)11/h1-6,10,16H,7H2. The molecule has 0 radical (unpaired) electrons. The van der Waals surface area contributed by atoms with Crippen molar-refractivity contribution in [3.63, 3.8) is 0 Å². The van der Waals surface area contributed by atoms with Gasteiger partial charge in [0, 0.05) is 5.56 Å². The predicted octanol–water partition coefficient (Wildman–Crippen LogP) is 1.54. The van der Waals surface area contributed by atoms with Crippen molar-refractivity contribution in [2.75, 3.05) is 6.61 Å². The molecule has 1 atom stereocenters. The van der Waals surface area contributed by atoms with Crippen LogP contribution >= 0.6 is 11.6 Å². The second-order valence-corrected chi connectivity index (χ2v) is 6.26. The highest BCUT2D eigenvalue weighted by atomic mass is 35.5. The average Bonchev–Trinajstić information content (AvgIpc) is 2.82. The fourth-order valence-corrected chi connectivity index (χ4v) is 3.14. The fourth-order valence-electron chi connectivity index (χ4n) is 1.95. The van der Waals surface area contributed by atoms with Gasteiger partial charge in [0.15, 0.2) is 0 Å². The third kappa shape index (κ3) is 2.47. The normalized spacial score (nSPS) is 17.6. The van der Waals surface area contributed by atoms with Gasteiger partial charge < -0.3 is 4.74 Å². The molecule has 0 fully saturated rings. The number of halogens is 1. The van der Waals surface area contributed by atoms with E-state index in [0.29, 0.717) is 5.75 Å². The summed E-state index contributed by atoms with van der Waals surface area (Å²) in [5, 5.41) is -0.00139. The first-order chi connectivity index (χ1) is 9.56. The Morgan fingerprint density at radius 2 is 1.95 bits per heavy atom. The molecule has 1 aromatic carbocycles. The number of benzene rings is 1. The van der Waals surface area contributed by atoms with Crippen LogP contribution in [0.25, 0.3) is 0 Å². The number of sulfonamides is 1. The molecule has 6 nitrogen and oxygen atoms in total. The molecular formula is C12H10ClN3O3S. The second-order valence-electron chi connectivity index (χ2n) is 4.21. The first kappa shape index (κ1) is 13.3. The summed E-state index contributed by atoms with van der Waals surface area (Å²) in [5.41, 5.74) is 0.811. The van der Waals surface area contributed by atoms with E-state index in [-0.39, 0.29) is 16.8 Å². The van der Waals surface area contributed by atoms with Crippen molar-refractivity contribution in [2.45, 2.75) is 10.9 Å². The monoisotopic (exact) mass is 311 g/mol. The van der Waals surface area contributed by atoms with Crippen molar-refractivity contribution >= 4 is 21.6 Å². The number of rotatable bonds is 3. The Hall–Kier alpha value is -1.70. The molecule has 0 saturated carbocycles. The lowest BCUT2D eigenvalue weighted by atomic mass is 10.1. The Labute approximate surface area is 120 Å². The molecule has 0 aliphatic carbocycles. The average molecular weight is 312 g/mol. The minimum absolute atomic E-state index is 0.00139. The van der Waals surface area contributed by atoms with E-state index in [0.717, 1.165) is 5.56 Å². The zero-order chi connectivity index (χ0) is 14.2. The summed E-state index contributed by atoms with van der Waals surface area (Å²) < 4.78 is 32.4. The van der Waals surface area contributed by atoms with E-state index in [1.807, 2.05) is 18.2 Å². The summed E-state index contributed by atoms with van der Waals surface area (Å²) in [6.45, 7) is 0.257. The first-order valence-electron chi connectivity index (χ1n) is 5.78. The molecule has 1 N–H and O–H groups in total. The summed E-state index contributed by atoms with van der Waals surface area (Å²) in [6, 6.07) is 6.87. The van der Waals surface area contributed by atoms with Gasteiger partial charge in [-0.1, -0.05) is 18.2 Å². The SMILES string of the molecule is O=S(=O)(NC1COc2ccccc21)c1cnc(Cl)nc1. The number of hydrogen-bond acceptors (Lipinski definition) is 5. The van der Waals surface area contributed by atoms with Gasteiger partial charge in [-0.2, -0.15) is 4.72 Å². The minimum atomic E-state index is -3.72. The molecule has 3 rings (SSSR count). The van der Waals surface area contributed by atoms with E-state index < -0.39 is 16.1 Å². The molecular weight excluding hydrogens is 302 g/mol. The molecule has 0 bridgehead atoms. The highest BCUT2D eigenvalue weighted by molar-refractivity contribution is 7.89.